The van der Waals surface area contributed by atoms with Gasteiger partial charge in [0.25, 0.3) is 0 Å². The number of carbonyl (C=O) groups excluding carboxylic acids is 2. The van der Waals surface area contributed by atoms with Crippen LogP contribution in [0.2, 0.25) is 0 Å². The van der Waals surface area contributed by atoms with Crippen LogP contribution >= 0.6 is 11.3 Å². The number of ether oxygens (including phenoxy) is 1. The summed E-state index contributed by atoms with van der Waals surface area (Å²) in [6, 6.07) is 10.1. The fourth-order valence-corrected chi connectivity index (χ4v) is 7.85. The lowest BCUT2D eigenvalue weighted by atomic mass is 9.86. The van der Waals surface area contributed by atoms with Gasteiger partial charge in [-0.05, 0) is 90.1 Å². The van der Waals surface area contributed by atoms with Gasteiger partial charge < -0.3 is 20.7 Å². The Kier molecular flexibility index (Phi) is 10.6. The van der Waals surface area contributed by atoms with Gasteiger partial charge in [0.1, 0.15) is 5.82 Å². The van der Waals surface area contributed by atoms with Crippen LogP contribution in [0.25, 0.3) is 10.4 Å². The zero-order valence-corrected chi connectivity index (χ0v) is 27.2. The Balaban J connectivity index is 1.50. The van der Waals surface area contributed by atoms with Gasteiger partial charge in [-0.2, -0.15) is 0 Å². The molecule has 3 amide bonds. The van der Waals surface area contributed by atoms with E-state index in [0.717, 1.165) is 30.7 Å². The fourth-order valence-electron chi connectivity index (χ4n) is 4.99. The summed E-state index contributed by atoms with van der Waals surface area (Å²) >= 11 is 1.45. The zero-order chi connectivity index (χ0) is 32.1. The zero-order valence-electron chi connectivity index (χ0n) is 25.6. The molecule has 1 heterocycles. The van der Waals surface area contributed by atoms with Crippen molar-refractivity contribution in [2.75, 3.05) is 5.32 Å². The molecule has 1 aliphatic carbocycles. The van der Waals surface area contributed by atoms with Crippen LogP contribution in [0.5, 0.6) is 0 Å². The Morgan fingerprint density at radius 3 is 2.48 bits per heavy atom. The molecule has 0 unspecified atom stereocenters. The van der Waals surface area contributed by atoms with Crippen molar-refractivity contribution in [1.29, 1.82) is 0 Å². The predicted octanol–water partition coefficient (Wildman–Crippen LogP) is 6.51. The van der Waals surface area contributed by atoms with Crippen LogP contribution in [-0.2, 0) is 21.3 Å². The number of urea groups is 1. The second-order valence-corrected chi connectivity index (χ2v) is 14.9. The first-order valence-electron chi connectivity index (χ1n) is 14.6. The van der Waals surface area contributed by atoms with E-state index >= 15 is 0 Å². The Labute approximate surface area is 262 Å². The van der Waals surface area contributed by atoms with E-state index in [-0.39, 0.29) is 35.2 Å². The van der Waals surface area contributed by atoms with E-state index in [9.17, 15) is 22.4 Å². The molecule has 13 heteroatoms. The average molecular weight is 646 g/mol. The standard InChI is InChI=1S/C31H40FN5O5S2/c1-19(2)42-30(39)36-23-11-9-21(10-12-23)28-33-18-26(43-28)25-14-13-24(16-27(25)44(40,41)37-31(3,4)5)35-29(38)34-17-20-7-6-8-22(32)15-20/h6-8,13-16,18-19,21,23,37H,9-12,17H2,1-5H3,(H,36,39)(H2,34,35,38)/t21-,23-. The highest BCUT2D eigenvalue weighted by atomic mass is 32.2. The van der Waals surface area contributed by atoms with Crippen LogP contribution in [0.3, 0.4) is 0 Å². The quantitative estimate of drug-likeness (QED) is 0.209. The topological polar surface area (TPSA) is 139 Å². The number of aromatic nitrogens is 1. The molecule has 2 aromatic carbocycles. The van der Waals surface area contributed by atoms with E-state index in [0.29, 0.717) is 16.0 Å². The van der Waals surface area contributed by atoms with E-state index in [1.807, 2.05) is 13.8 Å². The summed E-state index contributed by atoms with van der Waals surface area (Å²) in [4.78, 5) is 29.9. The number of amides is 3. The number of thiazole rings is 1. The molecule has 238 valence electrons. The Morgan fingerprint density at radius 2 is 1.82 bits per heavy atom. The molecular formula is C31H40FN5O5S2. The highest BCUT2D eigenvalue weighted by Gasteiger charge is 2.29. The van der Waals surface area contributed by atoms with Gasteiger partial charge in [-0.25, -0.2) is 32.1 Å². The third-order valence-electron chi connectivity index (χ3n) is 6.84. The summed E-state index contributed by atoms with van der Waals surface area (Å²) in [5, 5.41) is 9.18. The number of halogens is 1. The van der Waals surface area contributed by atoms with Crippen LogP contribution in [-0.4, -0.2) is 43.2 Å². The molecule has 0 bridgehead atoms. The van der Waals surface area contributed by atoms with E-state index in [4.69, 9.17) is 4.74 Å². The van der Waals surface area contributed by atoms with Crippen LogP contribution in [0.15, 0.2) is 53.6 Å². The van der Waals surface area contributed by atoms with Gasteiger partial charge in [0, 0.05) is 41.5 Å². The van der Waals surface area contributed by atoms with E-state index in [2.05, 4.69) is 25.7 Å². The van der Waals surface area contributed by atoms with Gasteiger partial charge in [0.05, 0.1) is 20.9 Å². The fraction of sp³-hybridized carbons (Fsp3) is 0.452. The van der Waals surface area contributed by atoms with Crippen LogP contribution < -0.4 is 20.7 Å². The van der Waals surface area contributed by atoms with Crippen molar-refractivity contribution in [2.45, 2.75) is 95.3 Å². The van der Waals surface area contributed by atoms with Gasteiger partial charge in [0.2, 0.25) is 10.0 Å². The third kappa shape index (κ3) is 9.47. The molecule has 1 saturated carbocycles. The molecular weight excluding hydrogens is 606 g/mol. The average Bonchev–Trinajstić information content (AvgIpc) is 3.41. The Hall–Kier alpha value is -3.55. The number of hydrogen-bond acceptors (Lipinski definition) is 7. The summed E-state index contributed by atoms with van der Waals surface area (Å²) < 4.78 is 48.5. The lowest BCUT2D eigenvalue weighted by Crippen LogP contribution is -2.40. The maximum Gasteiger partial charge on any atom is 0.407 e. The lowest BCUT2D eigenvalue weighted by Gasteiger charge is -2.28. The number of benzene rings is 2. The van der Waals surface area contributed by atoms with E-state index < -0.39 is 33.5 Å². The molecule has 4 N–H and O–H groups in total. The number of rotatable bonds is 9. The molecule has 1 fully saturated rings. The molecule has 44 heavy (non-hydrogen) atoms. The molecule has 0 radical (unpaired) electrons. The smallest absolute Gasteiger partial charge is 0.407 e. The number of carbonyl (C=O) groups is 2. The molecule has 4 rings (SSSR count). The molecule has 0 atom stereocenters. The Bertz CT molecular complexity index is 1580. The summed E-state index contributed by atoms with van der Waals surface area (Å²) in [7, 11) is -3.99. The first-order chi connectivity index (χ1) is 20.7. The van der Waals surface area contributed by atoms with E-state index in [1.165, 1.54) is 29.5 Å². The second-order valence-electron chi connectivity index (χ2n) is 12.2. The Morgan fingerprint density at radius 1 is 1.09 bits per heavy atom. The minimum absolute atomic E-state index is 0.0159. The minimum atomic E-state index is -3.99. The molecule has 0 aliphatic heterocycles. The second kappa shape index (κ2) is 14.0. The first-order valence-corrected chi connectivity index (χ1v) is 16.9. The van der Waals surface area contributed by atoms with Gasteiger partial charge in [-0.15, -0.1) is 11.3 Å². The SMILES string of the molecule is CC(C)OC(=O)N[C@H]1CC[C@H](c2ncc(-c3ccc(NC(=O)NCc4cccc(F)c4)cc3S(=O)(=O)NC(C)(C)C)s2)CC1. The molecule has 0 spiro atoms. The van der Waals surface area contributed by atoms with E-state index in [1.54, 1.807) is 51.2 Å². The van der Waals surface area contributed by atoms with Gasteiger partial charge >= 0.3 is 12.1 Å². The summed E-state index contributed by atoms with van der Waals surface area (Å²) in [6.45, 7) is 8.98. The monoisotopic (exact) mass is 645 g/mol. The highest BCUT2D eigenvalue weighted by Crippen LogP contribution is 2.40. The van der Waals surface area contributed by atoms with Crippen molar-refractivity contribution >= 4 is 39.2 Å². The van der Waals surface area contributed by atoms with Crippen molar-refractivity contribution in [3.05, 3.63) is 65.0 Å². The minimum Gasteiger partial charge on any atom is -0.447 e. The normalized spacial score (nSPS) is 17.2. The van der Waals surface area contributed by atoms with Crippen molar-refractivity contribution in [3.63, 3.8) is 0 Å². The number of nitrogens with zero attached hydrogens (tertiary/aromatic N) is 1. The summed E-state index contributed by atoms with van der Waals surface area (Å²) in [5.74, 6) is -0.204. The summed E-state index contributed by atoms with van der Waals surface area (Å²) in [5.41, 5.74) is 0.608. The number of alkyl carbamates (subject to hydrolysis) is 1. The number of hydrogen-bond donors (Lipinski definition) is 4. The van der Waals surface area contributed by atoms with Crippen LogP contribution in [0, 0.1) is 5.82 Å². The van der Waals surface area contributed by atoms with Crippen molar-refractivity contribution in [2.24, 2.45) is 0 Å². The lowest BCUT2D eigenvalue weighted by molar-refractivity contribution is 0.109. The third-order valence-corrected chi connectivity index (χ3v) is 9.83. The van der Waals surface area contributed by atoms with Crippen molar-refractivity contribution in [1.82, 2.24) is 20.3 Å². The van der Waals surface area contributed by atoms with Crippen LogP contribution in [0.1, 0.15) is 76.8 Å². The van der Waals surface area contributed by atoms with Crippen LogP contribution in [0.4, 0.5) is 19.7 Å². The van der Waals surface area contributed by atoms with Crippen molar-refractivity contribution < 1.29 is 27.1 Å². The molecule has 1 aliphatic rings. The highest BCUT2D eigenvalue weighted by molar-refractivity contribution is 7.89. The number of anilines is 1. The summed E-state index contributed by atoms with van der Waals surface area (Å²) in [6.07, 6.45) is 4.37. The van der Waals surface area contributed by atoms with Gasteiger partial charge in [-0.1, -0.05) is 18.2 Å². The predicted molar refractivity (Wildman–Crippen MR) is 170 cm³/mol. The maximum absolute atomic E-state index is 13.6. The molecule has 0 saturated heterocycles. The molecule has 3 aromatic rings. The van der Waals surface area contributed by atoms with Gasteiger partial charge in [0.15, 0.2) is 0 Å². The maximum atomic E-state index is 13.6. The molecule has 1 aromatic heterocycles. The molecule has 10 nitrogen and oxygen atoms in total. The number of sulfonamides is 1. The van der Waals surface area contributed by atoms with Crippen molar-refractivity contribution in [3.8, 4) is 10.4 Å². The van der Waals surface area contributed by atoms with Gasteiger partial charge in [-0.3, -0.25) is 0 Å². The number of nitrogens with one attached hydrogen (secondary N) is 4. The first kappa shape index (κ1) is 33.3. The largest absolute Gasteiger partial charge is 0.447 e.